The van der Waals surface area contributed by atoms with Gasteiger partial charge < -0.3 is 4.57 Å². The molecule has 3 aromatic rings. The van der Waals surface area contributed by atoms with Crippen molar-refractivity contribution in [3.63, 3.8) is 0 Å². The number of hydrogen-bond donors (Lipinski definition) is 0. The van der Waals surface area contributed by atoms with E-state index in [2.05, 4.69) is 55.5 Å². The molecule has 0 spiro atoms. The lowest BCUT2D eigenvalue weighted by molar-refractivity contribution is 0.503. The Bertz CT molecular complexity index is 1110. The second-order valence-electron chi connectivity index (χ2n) is 6.99. The molecule has 0 unspecified atom stereocenters. The zero-order valence-electron chi connectivity index (χ0n) is 16.3. The molecule has 0 aliphatic heterocycles. The molecule has 3 rings (SSSR count). The molecule has 26 heavy (non-hydrogen) atoms. The fourth-order valence-electron chi connectivity index (χ4n) is 3.41. The molecular weight excluding hydrogens is 350 g/mol. The van der Waals surface area contributed by atoms with Crippen LogP contribution in [0.1, 0.15) is 33.6 Å². The van der Waals surface area contributed by atoms with Gasteiger partial charge in [0.2, 0.25) is 0 Å². The summed E-state index contributed by atoms with van der Waals surface area (Å²) in [4.78, 5) is 4.19. The van der Waals surface area contributed by atoms with Gasteiger partial charge in [-0.05, 0) is 62.4 Å². The van der Waals surface area contributed by atoms with E-state index in [9.17, 15) is 8.42 Å². The molecule has 1 aromatic carbocycles. The Morgan fingerprint density at radius 3 is 2.23 bits per heavy atom. The third-order valence-corrected chi connectivity index (χ3v) is 6.79. The van der Waals surface area contributed by atoms with Gasteiger partial charge in [0.25, 0.3) is 0 Å². The zero-order valence-corrected chi connectivity index (χ0v) is 17.1. The molecule has 0 fully saturated rings. The normalized spacial score (nSPS) is 12.5. The van der Waals surface area contributed by atoms with E-state index in [0.717, 1.165) is 13.9 Å². The molecule has 7 nitrogen and oxygen atoms in total. The fourth-order valence-corrected chi connectivity index (χ4v) is 4.10. The van der Waals surface area contributed by atoms with Crippen LogP contribution in [-0.2, 0) is 16.8 Å². The molecule has 0 bridgehead atoms. The van der Waals surface area contributed by atoms with Gasteiger partial charge in [0, 0.05) is 25.7 Å². The lowest BCUT2D eigenvalue weighted by Gasteiger charge is -2.14. The second-order valence-corrected chi connectivity index (χ2v) is 8.99. The first kappa shape index (κ1) is 18.6. The van der Waals surface area contributed by atoms with E-state index >= 15 is 0 Å². The maximum absolute atomic E-state index is 12.2. The maximum atomic E-state index is 12.2. The van der Waals surface area contributed by atoms with E-state index in [-0.39, 0.29) is 0 Å². The Balaban J connectivity index is 2.10. The van der Waals surface area contributed by atoms with Crippen LogP contribution < -0.4 is 0 Å². The first-order valence-electron chi connectivity index (χ1n) is 8.45. The van der Waals surface area contributed by atoms with Crippen molar-refractivity contribution in [1.82, 2.24) is 23.0 Å². The van der Waals surface area contributed by atoms with Gasteiger partial charge in [-0.25, -0.2) is 4.98 Å². The summed E-state index contributed by atoms with van der Waals surface area (Å²) in [6, 6.07) is 0. The van der Waals surface area contributed by atoms with Crippen LogP contribution in [0.25, 0.3) is 10.9 Å². The van der Waals surface area contributed by atoms with E-state index in [4.69, 9.17) is 0 Å². The van der Waals surface area contributed by atoms with Crippen LogP contribution in [-0.4, -0.2) is 45.6 Å². The Morgan fingerprint density at radius 2 is 1.62 bits per heavy atom. The first-order chi connectivity index (χ1) is 12.1. The fraction of sp³-hybridized carbons (Fsp3) is 0.444. The molecule has 0 atom stereocenters. The molecule has 0 aliphatic carbocycles. The highest BCUT2D eigenvalue weighted by atomic mass is 32.2. The van der Waals surface area contributed by atoms with Gasteiger partial charge in [-0.2, -0.15) is 12.7 Å². The van der Waals surface area contributed by atoms with Crippen LogP contribution >= 0.6 is 0 Å². The van der Waals surface area contributed by atoms with Crippen LogP contribution in [0.3, 0.4) is 0 Å². The smallest absolute Gasteiger partial charge is 0.323 e. The molecule has 0 saturated carbocycles. The monoisotopic (exact) mass is 375 g/mol. The van der Waals surface area contributed by atoms with Gasteiger partial charge in [0.1, 0.15) is 6.33 Å². The van der Waals surface area contributed by atoms with Crippen molar-refractivity contribution in [3.05, 3.63) is 46.2 Å². The quantitative estimate of drug-likeness (QED) is 0.702. The predicted octanol–water partition coefficient (Wildman–Crippen LogP) is 2.48. The van der Waals surface area contributed by atoms with Gasteiger partial charge in [0.05, 0.1) is 12.1 Å². The van der Waals surface area contributed by atoms with Crippen molar-refractivity contribution in [2.45, 2.75) is 41.2 Å². The number of nitrogens with zero attached hydrogens (tertiary/aromatic N) is 5. The molecular formula is C18H25N5O2S. The summed E-state index contributed by atoms with van der Waals surface area (Å²) in [6.07, 6.45) is 3.33. The molecule has 2 aromatic heterocycles. The van der Waals surface area contributed by atoms with Gasteiger partial charge in [-0.1, -0.05) is 0 Å². The molecule has 0 N–H and O–H groups in total. The van der Waals surface area contributed by atoms with E-state index in [0.29, 0.717) is 12.4 Å². The van der Waals surface area contributed by atoms with Crippen molar-refractivity contribution in [1.29, 1.82) is 0 Å². The molecule has 0 amide bonds. The molecule has 0 aliphatic rings. The minimum atomic E-state index is -3.65. The summed E-state index contributed by atoms with van der Waals surface area (Å²) >= 11 is 0. The molecule has 2 heterocycles. The van der Waals surface area contributed by atoms with Crippen molar-refractivity contribution >= 4 is 21.1 Å². The van der Waals surface area contributed by atoms with Crippen molar-refractivity contribution < 1.29 is 8.42 Å². The number of rotatable bonds is 4. The van der Waals surface area contributed by atoms with Crippen molar-refractivity contribution in [2.24, 2.45) is 0 Å². The Hall–Kier alpha value is -2.19. The van der Waals surface area contributed by atoms with E-state index in [1.807, 2.05) is 0 Å². The third-order valence-electron chi connectivity index (χ3n) is 5.21. The average Bonchev–Trinajstić information content (AvgIpc) is 3.16. The summed E-state index contributed by atoms with van der Waals surface area (Å²) < 4.78 is 28.5. The third kappa shape index (κ3) is 2.73. The van der Waals surface area contributed by atoms with E-state index in [1.54, 1.807) is 0 Å². The van der Waals surface area contributed by atoms with Crippen LogP contribution in [0.2, 0.25) is 0 Å². The topological polar surface area (TPSA) is 73.0 Å². The van der Waals surface area contributed by atoms with Crippen molar-refractivity contribution in [2.75, 3.05) is 14.1 Å². The lowest BCUT2D eigenvalue weighted by atomic mass is 9.94. The average molecular weight is 375 g/mol. The van der Waals surface area contributed by atoms with Gasteiger partial charge in [-0.3, -0.25) is 0 Å². The number of benzene rings is 1. The van der Waals surface area contributed by atoms with E-state index in [1.165, 1.54) is 53.6 Å². The summed E-state index contributed by atoms with van der Waals surface area (Å²) in [5.41, 5.74) is 7.47. The predicted molar refractivity (Wildman–Crippen MR) is 103 cm³/mol. The summed E-state index contributed by atoms with van der Waals surface area (Å²) in [7, 11) is -0.708. The Morgan fingerprint density at radius 1 is 1.00 bits per heavy atom. The molecule has 0 radical (unpaired) electrons. The zero-order chi connectivity index (χ0) is 19.4. The van der Waals surface area contributed by atoms with Crippen LogP contribution in [0.4, 0.5) is 0 Å². The number of hydrogen-bond acceptors (Lipinski definition) is 4. The largest absolute Gasteiger partial charge is 0.339 e. The Kier molecular flexibility index (Phi) is 4.44. The minimum absolute atomic E-state index is 0.420. The molecule has 0 saturated heterocycles. The second kappa shape index (κ2) is 6.21. The lowest BCUT2D eigenvalue weighted by Crippen LogP contribution is -2.29. The number of aryl methyl sites for hydroxylation is 3. The minimum Gasteiger partial charge on any atom is -0.339 e. The first-order valence-corrected chi connectivity index (χ1v) is 9.84. The number of fused-ring (bicyclic) bond motifs is 1. The molecule has 8 heteroatoms. The summed E-state index contributed by atoms with van der Waals surface area (Å²) in [5, 5.41) is 5.42. The maximum Gasteiger partial charge on any atom is 0.323 e. The Labute approximate surface area is 154 Å². The highest BCUT2D eigenvalue weighted by molar-refractivity contribution is 7.87. The van der Waals surface area contributed by atoms with E-state index < -0.39 is 10.2 Å². The highest BCUT2D eigenvalue weighted by Crippen LogP contribution is 2.32. The van der Waals surface area contributed by atoms with Crippen LogP contribution in [0.15, 0.2) is 12.5 Å². The van der Waals surface area contributed by atoms with Gasteiger partial charge >= 0.3 is 10.2 Å². The number of aromatic nitrogens is 4. The standard InChI is InChI=1S/C18H25N5O2S/c1-11-8-22(18-15(5)13(3)12(2)14(4)17(11)18)9-16-19-10-23(20-16)26(24,25)21(6)7/h8,10H,9H2,1-7H3. The summed E-state index contributed by atoms with van der Waals surface area (Å²) in [5.74, 6) is 0.461. The van der Waals surface area contributed by atoms with Gasteiger partial charge in [-0.15, -0.1) is 9.19 Å². The van der Waals surface area contributed by atoms with Crippen LogP contribution in [0, 0.1) is 34.6 Å². The molecule has 140 valence electrons. The van der Waals surface area contributed by atoms with Crippen molar-refractivity contribution in [3.8, 4) is 0 Å². The SMILES string of the molecule is Cc1c(C)c(C)c2c(c(C)cn2Cc2ncn(S(=O)(=O)N(C)C)n2)c1C. The summed E-state index contributed by atoms with van der Waals surface area (Å²) in [6.45, 7) is 11.1. The highest BCUT2D eigenvalue weighted by Gasteiger charge is 2.20. The van der Waals surface area contributed by atoms with Gasteiger partial charge in [0.15, 0.2) is 5.82 Å². The van der Waals surface area contributed by atoms with Crippen LogP contribution in [0.5, 0.6) is 0 Å².